The van der Waals surface area contributed by atoms with Crippen LogP contribution in [0.4, 0.5) is 0 Å². The van der Waals surface area contributed by atoms with Gasteiger partial charge in [-0.2, -0.15) is 0 Å². The maximum absolute atomic E-state index is 11.3. The Balaban J connectivity index is 0.00000164. The van der Waals surface area contributed by atoms with Gasteiger partial charge in [0.2, 0.25) is 0 Å². The first-order valence-electron chi connectivity index (χ1n) is 10.2. The van der Waals surface area contributed by atoms with Crippen molar-refractivity contribution in [1.82, 2.24) is 19.8 Å². The van der Waals surface area contributed by atoms with Gasteiger partial charge in [-0.3, -0.25) is 14.5 Å². The van der Waals surface area contributed by atoms with Crippen LogP contribution in [0.25, 0.3) is 0 Å². The molecule has 0 radical (unpaired) electrons. The first kappa shape index (κ1) is 30.4. The normalized spacial score (nSPS) is 10.9. The van der Waals surface area contributed by atoms with Crippen molar-refractivity contribution in [1.29, 1.82) is 0 Å². The van der Waals surface area contributed by atoms with Crippen molar-refractivity contribution in [2.75, 3.05) is 34.3 Å². The number of aliphatic carboxylic acids is 1. The Labute approximate surface area is 198 Å². The Morgan fingerprint density at radius 3 is 2.26 bits per heavy atom. The van der Waals surface area contributed by atoms with E-state index >= 15 is 0 Å². The molecule has 1 unspecified atom stereocenters. The summed E-state index contributed by atoms with van der Waals surface area (Å²) in [6.07, 6.45) is 0.725. The summed E-state index contributed by atoms with van der Waals surface area (Å²) in [4.78, 5) is 39.9. The Morgan fingerprint density at radius 2 is 1.79 bits per heavy atom. The van der Waals surface area contributed by atoms with E-state index in [-0.39, 0.29) is 12.9 Å². The van der Waals surface area contributed by atoms with Crippen LogP contribution < -0.4 is 9.47 Å². The van der Waals surface area contributed by atoms with Gasteiger partial charge in [0, 0.05) is 37.4 Å². The Kier molecular flexibility index (Phi) is 15.1. The number of nitrogens with zero attached hydrogens (tertiary/aromatic N) is 3. The molecule has 0 aliphatic rings. The molecule has 12 heteroatoms. The van der Waals surface area contributed by atoms with E-state index in [9.17, 15) is 9.90 Å². The van der Waals surface area contributed by atoms with Crippen molar-refractivity contribution in [2.24, 2.45) is 0 Å². The first-order valence-corrected chi connectivity index (χ1v) is 10.2. The number of rotatable bonds is 11. The molecule has 0 saturated carbocycles. The smallest absolute Gasteiger partial charge is 0.344 e. The van der Waals surface area contributed by atoms with Crippen molar-refractivity contribution < 1.29 is 39.2 Å². The third-order valence-electron chi connectivity index (χ3n) is 4.49. The zero-order chi connectivity index (χ0) is 26.1. The lowest BCUT2D eigenvalue weighted by molar-refractivity contribution is -0.144. The number of H-pyrrole nitrogens is 1. The van der Waals surface area contributed by atoms with E-state index in [0.717, 1.165) is 30.0 Å². The molecule has 0 aliphatic heterocycles. The molecule has 0 saturated heterocycles. The molecule has 1 heterocycles. The molecule has 1 aromatic heterocycles. The number of benzene rings is 1. The molecule has 190 valence electrons. The van der Waals surface area contributed by atoms with Crippen molar-refractivity contribution in [3.8, 4) is 11.5 Å². The van der Waals surface area contributed by atoms with Gasteiger partial charge in [0.15, 0.2) is 17.6 Å². The zero-order valence-corrected chi connectivity index (χ0v) is 20.1. The van der Waals surface area contributed by atoms with Crippen LogP contribution in [0.3, 0.4) is 0 Å². The van der Waals surface area contributed by atoms with Crippen molar-refractivity contribution in [3.63, 3.8) is 0 Å². The lowest BCUT2D eigenvalue weighted by atomic mass is 10.1. The van der Waals surface area contributed by atoms with Crippen molar-refractivity contribution in [3.05, 3.63) is 41.5 Å². The number of aromatic amines is 1. The summed E-state index contributed by atoms with van der Waals surface area (Å²) < 4.78 is 11.1. The summed E-state index contributed by atoms with van der Waals surface area (Å²) in [6, 6.07) is 5.60. The Morgan fingerprint density at radius 1 is 1.18 bits per heavy atom. The minimum Gasteiger partial charge on any atom is -0.493 e. The van der Waals surface area contributed by atoms with Crippen molar-refractivity contribution in [2.45, 2.75) is 33.0 Å². The van der Waals surface area contributed by atoms with E-state index in [4.69, 9.17) is 29.3 Å². The molecule has 2 rings (SSSR count). The minimum atomic E-state index is -1.02. The van der Waals surface area contributed by atoms with E-state index in [0.29, 0.717) is 24.6 Å². The topological polar surface area (TPSA) is 166 Å². The zero-order valence-electron chi connectivity index (χ0n) is 20.1. The van der Waals surface area contributed by atoms with Crippen LogP contribution in [0.15, 0.2) is 24.5 Å². The fourth-order valence-corrected chi connectivity index (χ4v) is 2.76. The number of nitrogens with one attached hydrogen (secondary N) is 1. The monoisotopic (exact) mass is 482 g/mol. The van der Waals surface area contributed by atoms with Crippen LogP contribution in [-0.2, 0) is 27.5 Å². The highest BCUT2D eigenvalue weighted by Crippen LogP contribution is 2.33. The molecule has 0 aliphatic carbocycles. The highest BCUT2D eigenvalue weighted by atomic mass is 16.5. The second-order valence-corrected chi connectivity index (χ2v) is 7.25. The fourth-order valence-electron chi connectivity index (χ4n) is 2.76. The Bertz CT molecular complexity index is 866. The average molecular weight is 483 g/mol. The van der Waals surface area contributed by atoms with Gasteiger partial charge in [-0.15, -0.1) is 0 Å². The SMILES string of the molecule is COc1cccc(CN(CCN(C)C)Cc2nc[nH]c2C)c1OC(C)C(=O)O.O=CO.O=CO. The highest BCUT2D eigenvalue weighted by Gasteiger charge is 2.20. The molecular formula is C22H34N4O8. The number of likely N-dealkylation sites (N-methyl/N-ethyl adjacent to an activating group) is 1. The summed E-state index contributed by atoms with van der Waals surface area (Å²) >= 11 is 0. The van der Waals surface area contributed by atoms with E-state index in [1.54, 1.807) is 19.5 Å². The van der Waals surface area contributed by atoms with Gasteiger partial charge in [0.1, 0.15) is 0 Å². The number of methoxy groups -OCH3 is 1. The van der Waals surface area contributed by atoms with Gasteiger partial charge in [-0.1, -0.05) is 12.1 Å². The summed E-state index contributed by atoms with van der Waals surface area (Å²) in [7, 11) is 5.62. The first-order chi connectivity index (χ1) is 16.1. The number of para-hydroxylation sites is 1. The number of ether oxygens (including phenoxy) is 2. The van der Waals surface area contributed by atoms with E-state index < -0.39 is 12.1 Å². The van der Waals surface area contributed by atoms with Gasteiger partial charge >= 0.3 is 5.97 Å². The molecule has 0 amide bonds. The van der Waals surface area contributed by atoms with E-state index in [2.05, 4.69) is 19.8 Å². The number of aryl methyl sites for hydroxylation is 1. The molecule has 0 bridgehead atoms. The summed E-state index contributed by atoms with van der Waals surface area (Å²) in [6.45, 7) is 5.98. The summed E-state index contributed by atoms with van der Waals surface area (Å²) in [5.41, 5.74) is 2.90. The third kappa shape index (κ3) is 11.3. The van der Waals surface area contributed by atoms with Gasteiger partial charge in [-0.05, 0) is 34.0 Å². The summed E-state index contributed by atoms with van der Waals surface area (Å²) in [5.74, 6) is -0.0314. The molecule has 2 aromatic rings. The van der Waals surface area contributed by atoms with Gasteiger partial charge < -0.3 is 34.7 Å². The lowest BCUT2D eigenvalue weighted by Crippen LogP contribution is -2.32. The molecule has 4 N–H and O–H groups in total. The van der Waals surface area contributed by atoms with E-state index in [1.807, 2.05) is 33.2 Å². The van der Waals surface area contributed by atoms with Crippen molar-refractivity contribution >= 4 is 18.9 Å². The number of aromatic nitrogens is 2. The number of carboxylic acids is 1. The maximum atomic E-state index is 11.3. The summed E-state index contributed by atoms with van der Waals surface area (Å²) in [5, 5.41) is 23.0. The maximum Gasteiger partial charge on any atom is 0.344 e. The van der Waals surface area contributed by atoms with Gasteiger partial charge in [0.25, 0.3) is 12.9 Å². The molecular weight excluding hydrogens is 448 g/mol. The number of carbonyl (C=O) groups is 3. The lowest BCUT2D eigenvalue weighted by Gasteiger charge is -2.26. The highest BCUT2D eigenvalue weighted by molar-refractivity contribution is 5.72. The van der Waals surface area contributed by atoms with Crippen LogP contribution in [0.2, 0.25) is 0 Å². The van der Waals surface area contributed by atoms with Gasteiger partial charge in [-0.25, -0.2) is 9.78 Å². The molecule has 0 spiro atoms. The second kappa shape index (κ2) is 16.9. The quantitative estimate of drug-likeness (QED) is 0.343. The average Bonchev–Trinajstić information content (AvgIpc) is 3.18. The molecule has 34 heavy (non-hydrogen) atoms. The molecule has 1 atom stereocenters. The molecule has 1 aromatic carbocycles. The predicted molar refractivity (Wildman–Crippen MR) is 124 cm³/mol. The standard InChI is InChI=1S/C20H30N4O4.2CH2O2/c1-14-17(22-13-21-14)12-24(10-9-23(3)4)11-16-7-6-8-18(27-5)19(16)28-15(2)20(25)26;2*2-1-3/h6-8,13,15H,9-12H2,1-5H3,(H,21,22)(H,25,26);2*1H,(H,2,3). The molecule has 0 fully saturated rings. The minimum absolute atomic E-state index is 0.250. The number of hydrogen-bond donors (Lipinski definition) is 4. The van der Waals surface area contributed by atoms with E-state index in [1.165, 1.54) is 6.92 Å². The number of hydrogen-bond acceptors (Lipinski definition) is 8. The number of imidazole rings is 1. The largest absolute Gasteiger partial charge is 0.493 e. The van der Waals surface area contributed by atoms with Crippen LogP contribution in [-0.4, -0.2) is 94.4 Å². The van der Waals surface area contributed by atoms with Crippen LogP contribution in [0, 0.1) is 6.92 Å². The van der Waals surface area contributed by atoms with Crippen LogP contribution >= 0.6 is 0 Å². The predicted octanol–water partition coefficient (Wildman–Crippen LogP) is 1.54. The third-order valence-corrected chi connectivity index (χ3v) is 4.49. The second-order valence-electron chi connectivity index (χ2n) is 7.25. The van der Waals surface area contributed by atoms with Gasteiger partial charge in [0.05, 0.1) is 19.1 Å². The number of carboxylic acid groups (broad SMARTS) is 3. The molecule has 12 nitrogen and oxygen atoms in total. The van der Waals surface area contributed by atoms with Crippen LogP contribution in [0.5, 0.6) is 11.5 Å². The fraction of sp³-hybridized carbons (Fsp3) is 0.455. The van der Waals surface area contributed by atoms with Crippen LogP contribution in [0.1, 0.15) is 23.9 Å². The Hall–Kier alpha value is -3.64.